The number of nitrogens with one attached hydrogen (secondary N) is 4. The van der Waals surface area contributed by atoms with Crippen molar-refractivity contribution in [3.05, 3.63) is 179 Å². The Balaban J connectivity index is 0.000000128. The number of hydrogen-bond acceptors (Lipinski definition) is 32. The molecule has 0 radical (unpaired) electrons. The zero-order valence-electron chi connectivity index (χ0n) is 70.1. The maximum Gasteiger partial charge on any atom is 0.260 e. The van der Waals surface area contributed by atoms with Gasteiger partial charge in [-0.25, -0.2) is 48.3 Å². The highest BCUT2D eigenvalue weighted by molar-refractivity contribution is 7.90. The molecule has 0 aliphatic carbocycles. The first-order valence-corrected chi connectivity index (χ1v) is 44.8. The number of methoxy groups -OCH3 is 4. The number of carbonyl (C=O) groups excluding carboxylic acids is 1. The third-order valence-electron chi connectivity index (χ3n) is 20.6. The summed E-state index contributed by atoms with van der Waals surface area (Å²) in [6.45, 7) is 17.2. The summed E-state index contributed by atoms with van der Waals surface area (Å²) in [4.78, 5) is 60.3. The molecule has 38 heteroatoms. The number of piperazine rings is 1. The fourth-order valence-electron chi connectivity index (χ4n) is 14.3. The van der Waals surface area contributed by atoms with E-state index in [2.05, 4.69) is 105 Å². The molecular formula is C86H93N23O10S5. The number of carbonyl (C=O) groups is 1. The molecule has 2 aliphatic rings. The molecule has 33 nitrogen and oxygen atoms in total. The number of aromatic nitrogens is 16. The number of ether oxygens (including phenoxy) is 5. The molecule has 124 heavy (non-hydrogen) atoms. The van der Waals surface area contributed by atoms with Crippen molar-refractivity contribution in [2.45, 2.75) is 58.6 Å². The fraction of sp³-hybridized carbons (Fsp3) is 0.291. The van der Waals surface area contributed by atoms with E-state index in [0.29, 0.717) is 59.8 Å². The van der Waals surface area contributed by atoms with E-state index in [1.165, 1.54) is 24.3 Å². The second kappa shape index (κ2) is 38.8. The van der Waals surface area contributed by atoms with Gasteiger partial charge in [-0.2, -0.15) is 20.4 Å². The van der Waals surface area contributed by atoms with Crippen molar-refractivity contribution in [3.8, 4) is 73.3 Å². The van der Waals surface area contributed by atoms with Crippen LogP contribution in [0.5, 0.6) is 28.7 Å². The Morgan fingerprint density at radius 3 is 1.20 bits per heavy atom. The van der Waals surface area contributed by atoms with Gasteiger partial charge < -0.3 is 65.0 Å². The van der Waals surface area contributed by atoms with Crippen molar-refractivity contribution >= 4 is 149 Å². The Morgan fingerprint density at radius 1 is 0.444 bits per heavy atom. The normalized spacial score (nSPS) is 12.9. The van der Waals surface area contributed by atoms with Gasteiger partial charge in [0.05, 0.1) is 179 Å². The summed E-state index contributed by atoms with van der Waals surface area (Å²) >= 11 is 6.56. The first-order chi connectivity index (χ1) is 60.1. The van der Waals surface area contributed by atoms with Crippen molar-refractivity contribution < 1.29 is 47.1 Å². The number of anilines is 8. The van der Waals surface area contributed by atoms with E-state index in [1.54, 1.807) is 129 Å². The minimum Gasteiger partial charge on any atom is -0.496 e. The lowest BCUT2D eigenvalue weighted by molar-refractivity contribution is -0.136. The van der Waals surface area contributed by atoms with Gasteiger partial charge in [0.25, 0.3) is 5.91 Å². The first-order valence-electron chi connectivity index (χ1n) is 39.7. The Labute approximate surface area is 730 Å². The molecule has 1 amide bonds. The highest BCUT2D eigenvalue weighted by atomic mass is 32.2. The van der Waals surface area contributed by atoms with Crippen LogP contribution in [0, 0.1) is 27.7 Å². The van der Waals surface area contributed by atoms with Gasteiger partial charge in [0, 0.05) is 154 Å². The first kappa shape index (κ1) is 86.3. The minimum atomic E-state index is -3.35. The van der Waals surface area contributed by atoms with Crippen molar-refractivity contribution in [3.63, 3.8) is 0 Å². The average molecular weight is 1770 g/mol. The third kappa shape index (κ3) is 20.0. The molecule has 0 unspecified atom stereocenters. The van der Waals surface area contributed by atoms with Gasteiger partial charge in [0.15, 0.2) is 16.4 Å². The summed E-state index contributed by atoms with van der Waals surface area (Å²) in [5, 5.41) is 47.9. The van der Waals surface area contributed by atoms with E-state index in [0.717, 1.165) is 187 Å². The molecule has 0 spiro atoms. The molecule has 642 valence electrons. The number of aliphatic hydroxyl groups is 2. The Bertz CT molecular complexity index is 6580. The van der Waals surface area contributed by atoms with Crippen LogP contribution in [0.3, 0.4) is 0 Å². The molecule has 16 aromatic rings. The number of rotatable bonds is 27. The highest BCUT2D eigenvalue weighted by Crippen LogP contribution is 2.47. The van der Waals surface area contributed by atoms with E-state index >= 15 is 0 Å². The summed E-state index contributed by atoms with van der Waals surface area (Å²) in [5.74, 6) is 5.35. The number of benzene rings is 4. The summed E-state index contributed by atoms with van der Waals surface area (Å²) in [6, 6.07) is 26.5. The number of likely N-dealkylation sites (tertiary alicyclic amines) is 1. The molecular weight excluding hydrogens is 1680 g/mol. The number of amides is 1. The van der Waals surface area contributed by atoms with Gasteiger partial charge in [-0.1, -0.05) is 36.4 Å². The third-order valence-corrected chi connectivity index (χ3v) is 25.8. The summed E-state index contributed by atoms with van der Waals surface area (Å²) in [5.41, 5.74) is 14.4. The lowest BCUT2D eigenvalue weighted by atomic mass is 10.0. The predicted molar refractivity (Wildman–Crippen MR) is 487 cm³/mol. The molecule has 2 saturated heterocycles. The molecule has 2 fully saturated rings. The maximum atomic E-state index is 12.1. The zero-order valence-corrected chi connectivity index (χ0v) is 74.2. The molecule has 4 aromatic carbocycles. The van der Waals surface area contributed by atoms with Crippen molar-refractivity contribution in [2.24, 2.45) is 7.05 Å². The van der Waals surface area contributed by atoms with Gasteiger partial charge in [0.2, 0.25) is 23.8 Å². The SMILES string of the molecule is COc1cc(OCC(=O)N2CCC2)ccc1-c1c(C)sc2cnc(Nc3cnn(C)c3)nc12.COc1cc(S(C)(=O)=O)ccc1-c1c(C)sc2cnc(Nc3cnn(CCO)c3)nc12.COc1ccccc1-c1c(C)sc2cnc(Nc3cnn(CCN4CCN(C)CC4)c3)nc12.COc1ccccc1-c1c(C)sc2cnc(Nc3cnn(CCO)c3)nc12. The molecule has 2 aliphatic heterocycles. The maximum absolute atomic E-state index is 12.1. The van der Waals surface area contributed by atoms with E-state index in [-0.39, 0.29) is 30.6 Å². The summed E-state index contributed by atoms with van der Waals surface area (Å²) in [6.07, 6.45) is 23.9. The minimum absolute atomic E-state index is 0.00107. The number of aryl methyl sites for hydroxylation is 5. The van der Waals surface area contributed by atoms with Crippen molar-refractivity contribution in [2.75, 3.05) is 129 Å². The quantitative estimate of drug-likeness (QED) is 0.0278. The van der Waals surface area contributed by atoms with Crippen LogP contribution in [-0.4, -0.2) is 226 Å². The van der Waals surface area contributed by atoms with E-state index in [4.69, 9.17) is 53.8 Å². The lowest BCUT2D eigenvalue weighted by Gasteiger charge is -2.32. The Morgan fingerprint density at radius 2 is 0.823 bits per heavy atom. The number of sulfone groups is 1. The standard InChI is InChI=1S/C24H29N7OS.C23H24N6O3S.C20H21N5O4S2.C19H19N5O2S/c1-17-22(19-6-4-5-7-20(19)32-3)23-21(33-17)15-25-24(28-23)27-18-14-26-31(16-18)13-12-30-10-8-29(2)9-11-30;1-14-21(22-19(33-14)11-24-23(27-22)26-15-10-25-28(2)12-15)17-6-5-16(9-18(17)31-3)32-13-20(30)29-7-4-8-29;1-12-18(15-5-4-14(31(3,27)28)8-16(15)29-2)19-17(30-12)10-21-20(24-19)23-13-9-22-25(11-13)6-7-26;1-12-17(14-5-3-4-6-15(14)26-2)18-16(27-12)10-20-19(23-18)22-13-9-21-24(11-13)7-8-25/h4-7,14-16H,8-13H2,1-3H3,(H,25,27,28);5-6,9-12H,4,7-8,13H2,1-3H3,(H,24,26,27);4-5,8-11,26H,6-7H2,1-3H3,(H,21,23,24);3-6,9-11,25H,7-8H2,1-2H3,(H,20,22,23). The lowest BCUT2D eigenvalue weighted by Crippen LogP contribution is -2.45. The van der Waals surface area contributed by atoms with Crippen molar-refractivity contribution in [1.29, 1.82) is 0 Å². The van der Waals surface area contributed by atoms with Crippen LogP contribution in [0.15, 0.2) is 164 Å². The number of aliphatic hydroxyl groups excluding tert-OH is 2. The Kier molecular flexibility index (Phi) is 27.0. The smallest absolute Gasteiger partial charge is 0.260 e. The Hall–Kier alpha value is -12.7. The highest BCUT2D eigenvalue weighted by Gasteiger charge is 2.26. The van der Waals surface area contributed by atoms with Crippen molar-refractivity contribution in [1.82, 2.24) is 93.7 Å². The topological polar surface area (TPSA) is 370 Å². The number of likely N-dealkylation sites (N-methyl/N-ethyl adjacent to an activating group) is 1. The van der Waals surface area contributed by atoms with Gasteiger partial charge in [-0.3, -0.25) is 28.4 Å². The van der Waals surface area contributed by atoms with Crippen LogP contribution in [-0.2, 0) is 41.3 Å². The molecule has 18 rings (SSSR count). The number of thiophene rings is 4. The van der Waals surface area contributed by atoms with Crippen LogP contribution >= 0.6 is 45.3 Å². The van der Waals surface area contributed by atoms with Gasteiger partial charge in [0.1, 0.15) is 28.7 Å². The van der Waals surface area contributed by atoms with Gasteiger partial charge in [-0.05, 0) is 83.6 Å². The predicted octanol–water partition coefficient (Wildman–Crippen LogP) is 14.2. The van der Waals surface area contributed by atoms with Crippen LogP contribution in [0.4, 0.5) is 46.5 Å². The number of hydrogen-bond donors (Lipinski definition) is 6. The number of fused-ring (bicyclic) bond motifs is 4. The largest absolute Gasteiger partial charge is 0.496 e. The van der Waals surface area contributed by atoms with Gasteiger partial charge >= 0.3 is 0 Å². The molecule has 0 saturated carbocycles. The van der Waals surface area contributed by atoms with Gasteiger partial charge in [-0.15, -0.1) is 45.3 Å². The second-order valence-corrected chi connectivity index (χ2v) is 36.2. The zero-order chi connectivity index (χ0) is 86.7. The molecule has 12 aromatic heterocycles. The number of nitrogens with zero attached hydrogens (tertiary/aromatic N) is 19. The van der Waals surface area contributed by atoms with E-state index < -0.39 is 9.84 Å². The second-order valence-electron chi connectivity index (χ2n) is 29.1. The van der Waals surface area contributed by atoms with Crippen LogP contribution in [0.1, 0.15) is 25.9 Å². The number of para-hydroxylation sites is 2. The van der Waals surface area contributed by atoms with E-state index in [1.807, 2.05) is 123 Å². The fourth-order valence-corrected chi connectivity index (χ4v) is 18.9. The molecule has 6 N–H and O–H groups in total. The van der Waals surface area contributed by atoms with Crippen LogP contribution in [0.2, 0.25) is 0 Å². The summed E-state index contributed by atoms with van der Waals surface area (Å²) < 4.78 is 62.9. The summed E-state index contributed by atoms with van der Waals surface area (Å²) in [7, 11) is 7.20. The van der Waals surface area contributed by atoms with Crippen LogP contribution < -0.4 is 45.0 Å². The monoisotopic (exact) mass is 1770 g/mol. The molecule has 0 atom stereocenters. The van der Waals surface area contributed by atoms with Crippen LogP contribution in [0.25, 0.3) is 85.4 Å². The van der Waals surface area contributed by atoms with E-state index in [9.17, 15) is 13.2 Å². The average Bonchev–Trinajstić information content (AvgIpc) is 1.63. The molecule has 14 heterocycles. The molecule has 0 bridgehead atoms.